The number of amides is 1. The van der Waals surface area contributed by atoms with Crippen molar-refractivity contribution in [2.45, 2.75) is 50.2 Å². The average Bonchev–Trinajstić information content (AvgIpc) is 3.11. The minimum Gasteiger partial charge on any atom is -0.325 e. The van der Waals surface area contributed by atoms with E-state index in [0.29, 0.717) is 22.4 Å². The number of nitro benzene ring substituents is 1. The number of nitrogens with one attached hydrogen (secondary N) is 1. The van der Waals surface area contributed by atoms with Crippen molar-refractivity contribution in [3.05, 3.63) is 33.9 Å². The zero-order valence-electron chi connectivity index (χ0n) is 14.4. The quantitative estimate of drug-likeness (QED) is 0.468. The molecule has 1 heterocycles. The maximum Gasteiger partial charge on any atom is 0.269 e. The molecule has 1 aliphatic carbocycles. The zero-order valence-corrected chi connectivity index (χ0v) is 15.2. The Bertz CT molecular complexity index is 803. The number of nitro groups is 1. The van der Waals surface area contributed by atoms with E-state index in [1.807, 2.05) is 4.68 Å². The number of nitrogens with zero attached hydrogens (tertiary/aromatic N) is 5. The molecule has 0 spiro atoms. The summed E-state index contributed by atoms with van der Waals surface area (Å²) in [4.78, 5) is 22.5. The second-order valence-electron chi connectivity index (χ2n) is 6.29. The summed E-state index contributed by atoms with van der Waals surface area (Å²) < 4.78 is 1.83. The van der Waals surface area contributed by atoms with E-state index < -0.39 is 4.92 Å². The predicted octanol–water partition coefficient (Wildman–Crippen LogP) is 3.13. The first-order valence-corrected chi connectivity index (χ1v) is 9.48. The van der Waals surface area contributed by atoms with Crippen molar-refractivity contribution in [2.75, 3.05) is 11.1 Å². The van der Waals surface area contributed by atoms with E-state index >= 15 is 0 Å². The summed E-state index contributed by atoms with van der Waals surface area (Å²) in [5.74, 6) is -0.0334. The maximum absolute atomic E-state index is 12.2. The summed E-state index contributed by atoms with van der Waals surface area (Å²) in [5.41, 5.74) is 1.21. The lowest BCUT2D eigenvalue weighted by Crippen LogP contribution is -2.18. The fourth-order valence-electron chi connectivity index (χ4n) is 3.05. The second-order valence-corrected chi connectivity index (χ2v) is 7.23. The van der Waals surface area contributed by atoms with E-state index in [9.17, 15) is 14.9 Å². The van der Waals surface area contributed by atoms with Gasteiger partial charge in [0.25, 0.3) is 5.69 Å². The van der Waals surface area contributed by atoms with Gasteiger partial charge in [0.2, 0.25) is 11.1 Å². The van der Waals surface area contributed by atoms with Gasteiger partial charge in [-0.1, -0.05) is 31.0 Å². The predicted molar refractivity (Wildman–Crippen MR) is 97.1 cm³/mol. The summed E-state index contributed by atoms with van der Waals surface area (Å²) in [5, 5.41) is 26.1. The lowest BCUT2D eigenvalue weighted by Gasteiger charge is -2.21. The van der Waals surface area contributed by atoms with Crippen LogP contribution < -0.4 is 5.32 Å². The minimum absolute atomic E-state index is 0.00142. The summed E-state index contributed by atoms with van der Waals surface area (Å²) in [7, 11) is 0. The Hall–Kier alpha value is -2.49. The third-order valence-electron chi connectivity index (χ3n) is 4.41. The highest BCUT2D eigenvalue weighted by Gasteiger charge is 2.21. The molecule has 10 heteroatoms. The average molecular weight is 376 g/mol. The van der Waals surface area contributed by atoms with Gasteiger partial charge in [0.1, 0.15) is 0 Å². The fraction of sp³-hybridized carbons (Fsp3) is 0.500. The molecule has 1 amide bonds. The molecule has 0 radical (unpaired) electrons. The van der Waals surface area contributed by atoms with Crippen molar-refractivity contribution in [3.8, 4) is 0 Å². The molecular formula is C16H20N6O3S. The van der Waals surface area contributed by atoms with Crippen molar-refractivity contribution in [2.24, 2.45) is 0 Å². The summed E-state index contributed by atoms with van der Waals surface area (Å²) in [6.07, 6.45) is 5.72. The number of non-ortho nitro benzene ring substituents is 1. The van der Waals surface area contributed by atoms with Gasteiger partial charge in [-0.3, -0.25) is 14.9 Å². The molecule has 0 saturated heterocycles. The first-order valence-electron chi connectivity index (χ1n) is 8.50. The van der Waals surface area contributed by atoms with Crippen molar-refractivity contribution >= 4 is 29.0 Å². The van der Waals surface area contributed by atoms with Gasteiger partial charge in [-0.25, -0.2) is 4.68 Å². The Morgan fingerprint density at radius 2 is 2.15 bits per heavy atom. The van der Waals surface area contributed by atoms with E-state index in [4.69, 9.17) is 0 Å². The van der Waals surface area contributed by atoms with E-state index in [-0.39, 0.29) is 17.3 Å². The molecule has 1 saturated carbocycles. The van der Waals surface area contributed by atoms with Crippen LogP contribution in [0.2, 0.25) is 0 Å². The topological polar surface area (TPSA) is 116 Å². The molecule has 9 nitrogen and oxygen atoms in total. The lowest BCUT2D eigenvalue weighted by atomic mass is 9.96. The van der Waals surface area contributed by atoms with Crippen LogP contribution >= 0.6 is 11.8 Å². The number of carbonyl (C=O) groups excluding carboxylic acids is 1. The lowest BCUT2D eigenvalue weighted by molar-refractivity contribution is -0.384. The minimum atomic E-state index is -0.459. The molecule has 3 rings (SSSR count). The van der Waals surface area contributed by atoms with Crippen LogP contribution in [-0.2, 0) is 4.79 Å². The van der Waals surface area contributed by atoms with Crippen LogP contribution in [0.15, 0.2) is 23.4 Å². The Labute approximate surface area is 154 Å². The number of carbonyl (C=O) groups is 1. The number of benzene rings is 1. The number of rotatable bonds is 6. The van der Waals surface area contributed by atoms with Crippen LogP contribution in [0.5, 0.6) is 0 Å². The molecule has 1 aromatic heterocycles. The van der Waals surface area contributed by atoms with Gasteiger partial charge < -0.3 is 5.32 Å². The zero-order chi connectivity index (χ0) is 18.5. The Morgan fingerprint density at radius 1 is 1.38 bits per heavy atom. The molecule has 0 unspecified atom stereocenters. The highest BCUT2D eigenvalue weighted by atomic mass is 32.2. The Balaban J connectivity index is 1.58. The molecular weight excluding hydrogens is 356 g/mol. The molecule has 0 aliphatic heterocycles. The van der Waals surface area contributed by atoms with Gasteiger partial charge in [-0.15, -0.1) is 5.10 Å². The van der Waals surface area contributed by atoms with Crippen LogP contribution in [0.25, 0.3) is 0 Å². The standard InChI is InChI=1S/C16H20N6O3S/c1-11-9-13(22(24)25)7-8-14(11)17-15(23)10-26-16-18-19-20-21(16)12-5-3-2-4-6-12/h7-9,12H,2-6,10H2,1H3,(H,17,23). The highest BCUT2D eigenvalue weighted by Crippen LogP contribution is 2.30. The Kier molecular flexibility index (Phi) is 5.82. The van der Waals surface area contributed by atoms with E-state index in [1.54, 1.807) is 13.0 Å². The normalized spacial score (nSPS) is 15.0. The number of hydrogen-bond acceptors (Lipinski definition) is 7. The van der Waals surface area contributed by atoms with E-state index in [2.05, 4.69) is 20.8 Å². The summed E-state index contributed by atoms with van der Waals surface area (Å²) in [6.45, 7) is 1.72. The van der Waals surface area contributed by atoms with Crippen LogP contribution in [0.4, 0.5) is 11.4 Å². The van der Waals surface area contributed by atoms with Crippen LogP contribution in [0, 0.1) is 17.0 Å². The van der Waals surface area contributed by atoms with Gasteiger partial charge in [0.15, 0.2) is 0 Å². The number of aromatic nitrogens is 4. The fourth-order valence-corrected chi connectivity index (χ4v) is 3.80. The van der Waals surface area contributed by atoms with Crippen LogP contribution in [0.3, 0.4) is 0 Å². The molecule has 138 valence electrons. The van der Waals surface area contributed by atoms with Crippen molar-refractivity contribution in [1.29, 1.82) is 0 Å². The van der Waals surface area contributed by atoms with Crippen molar-refractivity contribution < 1.29 is 9.72 Å². The van der Waals surface area contributed by atoms with Crippen molar-refractivity contribution in [3.63, 3.8) is 0 Å². The first-order chi connectivity index (χ1) is 12.5. The molecule has 26 heavy (non-hydrogen) atoms. The molecule has 2 aromatic rings. The van der Waals surface area contributed by atoms with Gasteiger partial charge >= 0.3 is 0 Å². The monoisotopic (exact) mass is 376 g/mol. The number of tetrazole rings is 1. The van der Waals surface area contributed by atoms with Crippen LogP contribution in [-0.4, -0.2) is 36.8 Å². The largest absolute Gasteiger partial charge is 0.325 e. The maximum atomic E-state index is 12.2. The van der Waals surface area contributed by atoms with Gasteiger partial charge in [-0.05, 0) is 41.8 Å². The van der Waals surface area contributed by atoms with E-state index in [1.165, 1.54) is 43.2 Å². The molecule has 0 atom stereocenters. The molecule has 1 N–H and O–H groups in total. The highest BCUT2D eigenvalue weighted by molar-refractivity contribution is 7.99. The third kappa shape index (κ3) is 4.37. The Morgan fingerprint density at radius 3 is 2.85 bits per heavy atom. The van der Waals surface area contributed by atoms with Crippen molar-refractivity contribution in [1.82, 2.24) is 20.2 Å². The number of thioether (sulfide) groups is 1. The third-order valence-corrected chi connectivity index (χ3v) is 5.34. The van der Waals surface area contributed by atoms with Crippen LogP contribution in [0.1, 0.15) is 43.7 Å². The summed E-state index contributed by atoms with van der Waals surface area (Å²) >= 11 is 1.30. The number of hydrogen-bond donors (Lipinski definition) is 1. The van der Waals surface area contributed by atoms with Gasteiger partial charge in [0.05, 0.1) is 16.7 Å². The van der Waals surface area contributed by atoms with E-state index in [0.717, 1.165) is 12.8 Å². The SMILES string of the molecule is Cc1cc([N+](=O)[O-])ccc1NC(=O)CSc1nnnn1C1CCCCC1. The number of anilines is 1. The second kappa shape index (κ2) is 8.26. The first kappa shape index (κ1) is 18.3. The molecule has 1 aliphatic rings. The molecule has 1 aromatic carbocycles. The smallest absolute Gasteiger partial charge is 0.269 e. The molecule has 1 fully saturated rings. The van der Waals surface area contributed by atoms with Gasteiger partial charge in [0, 0.05) is 17.8 Å². The number of aryl methyl sites for hydroxylation is 1. The van der Waals surface area contributed by atoms with Gasteiger partial charge in [-0.2, -0.15) is 0 Å². The summed E-state index contributed by atoms with van der Waals surface area (Å²) in [6, 6.07) is 4.66. The molecule has 0 bridgehead atoms.